The Labute approximate surface area is 261 Å². The minimum Gasteiger partial charge on any atom is -0.489 e. The van der Waals surface area contributed by atoms with Crippen LogP contribution in [0.5, 0.6) is 5.75 Å². The lowest BCUT2D eigenvalue weighted by Gasteiger charge is -2.31. The Morgan fingerprint density at radius 3 is 2.55 bits per heavy atom. The van der Waals surface area contributed by atoms with Gasteiger partial charge in [0.15, 0.2) is 5.17 Å². The predicted molar refractivity (Wildman–Crippen MR) is 173 cm³/mol. The van der Waals surface area contributed by atoms with Crippen LogP contribution in [0.2, 0.25) is 0 Å². The van der Waals surface area contributed by atoms with Crippen molar-refractivity contribution in [3.8, 4) is 22.7 Å². The molecule has 8 nitrogen and oxygen atoms in total. The summed E-state index contributed by atoms with van der Waals surface area (Å²) in [5.41, 5.74) is 5.64. The molecular weight excluding hydrogens is 572 g/mol. The lowest BCUT2D eigenvalue weighted by Crippen LogP contribution is -2.39. The first kappa shape index (κ1) is 29.4. The number of carbonyl (C=O) groups excluding carboxylic acids is 2. The number of benzene rings is 3. The number of thioether (sulfide) groups is 1. The number of rotatable bonds is 8. The number of hydrogen-bond donors (Lipinski definition) is 0. The highest BCUT2D eigenvalue weighted by Gasteiger charge is 2.32. The van der Waals surface area contributed by atoms with Crippen molar-refractivity contribution >= 4 is 34.9 Å². The normalized spacial score (nSPS) is 16.3. The van der Waals surface area contributed by atoms with E-state index >= 15 is 0 Å². The topological polar surface area (TPSA) is 86.0 Å². The van der Waals surface area contributed by atoms with Gasteiger partial charge in [-0.1, -0.05) is 60.2 Å². The van der Waals surface area contributed by atoms with Crippen LogP contribution >= 0.6 is 11.8 Å². The van der Waals surface area contributed by atoms with E-state index in [4.69, 9.17) is 14.6 Å². The third-order valence-corrected chi connectivity index (χ3v) is 8.72. The molecule has 2 aliphatic rings. The zero-order valence-electron chi connectivity index (χ0n) is 24.8. The maximum absolute atomic E-state index is 13.1. The molecule has 1 saturated heterocycles. The van der Waals surface area contributed by atoms with Gasteiger partial charge in [-0.15, -0.1) is 0 Å². The van der Waals surface area contributed by atoms with Gasteiger partial charge < -0.3 is 14.4 Å². The van der Waals surface area contributed by atoms with Crippen LogP contribution in [-0.2, 0) is 20.9 Å². The Morgan fingerprint density at radius 1 is 1.02 bits per heavy atom. The lowest BCUT2D eigenvalue weighted by atomic mass is 9.97. The van der Waals surface area contributed by atoms with Crippen LogP contribution in [0.4, 0.5) is 0 Å². The smallest absolute Gasteiger partial charge is 0.309 e. The second-order valence-electron chi connectivity index (χ2n) is 10.8. The maximum atomic E-state index is 13.1. The SMILES string of the molecule is CCOC(=O)C1CCN(C2=NC(=O)C(=Cc3cn(-c4ccccc4)nc3-c3cccc(OCc4ccc(C)cc4)c3)S2)CC1. The van der Waals surface area contributed by atoms with Crippen molar-refractivity contribution in [1.82, 2.24) is 14.7 Å². The molecule has 224 valence electrons. The summed E-state index contributed by atoms with van der Waals surface area (Å²) in [6.07, 6.45) is 5.18. The minimum atomic E-state index is -0.272. The van der Waals surface area contributed by atoms with Gasteiger partial charge in [0, 0.05) is 30.4 Å². The summed E-state index contributed by atoms with van der Waals surface area (Å²) in [7, 11) is 0. The molecule has 0 atom stereocenters. The monoisotopic (exact) mass is 606 g/mol. The van der Waals surface area contributed by atoms with Crippen molar-refractivity contribution in [2.45, 2.75) is 33.3 Å². The Bertz CT molecular complexity index is 1700. The fourth-order valence-corrected chi connectivity index (χ4v) is 6.21. The highest BCUT2D eigenvalue weighted by Crippen LogP contribution is 2.35. The van der Waals surface area contributed by atoms with Crippen molar-refractivity contribution < 1.29 is 19.1 Å². The van der Waals surface area contributed by atoms with Crippen molar-refractivity contribution in [2.24, 2.45) is 10.9 Å². The third-order valence-electron chi connectivity index (χ3n) is 7.68. The van der Waals surface area contributed by atoms with Gasteiger partial charge in [0.2, 0.25) is 0 Å². The van der Waals surface area contributed by atoms with E-state index in [1.807, 2.05) is 78.5 Å². The summed E-state index contributed by atoms with van der Waals surface area (Å²) in [6.45, 7) is 6.04. The molecule has 1 amide bonds. The standard InChI is InChI=1S/C35H34N4O4S/c1-3-42-34(41)26-16-18-38(19-17-26)35-36-33(40)31(44-35)21-28-22-39(29-9-5-4-6-10-29)37-32(28)27-8-7-11-30(20-27)43-23-25-14-12-24(2)13-15-25/h4-15,20-22,26H,3,16-19,23H2,1-2H3. The predicted octanol–water partition coefficient (Wildman–Crippen LogP) is 6.67. The maximum Gasteiger partial charge on any atom is 0.309 e. The number of esters is 1. The van der Waals surface area contributed by atoms with E-state index in [0.29, 0.717) is 49.2 Å². The number of likely N-dealkylation sites (tertiary alicyclic amines) is 1. The number of piperidine rings is 1. The van der Waals surface area contributed by atoms with Gasteiger partial charge in [-0.05, 0) is 74.4 Å². The van der Waals surface area contributed by atoms with Gasteiger partial charge in [0.1, 0.15) is 18.1 Å². The average molecular weight is 607 g/mol. The number of hydrogen-bond acceptors (Lipinski definition) is 7. The molecule has 0 bridgehead atoms. The molecule has 0 saturated carbocycles. The zero-order chi connectivity index (χ0) is 30.5. The van der Waals surface area contributed by atoms with Crippen LogP contribution in [0.15, 0.2) is 95.0 Å². The number of aromatic nitrogens is 2. The van der Waals surface area contributed by atoms with E-state index in [0.717, 1.165) is 33.8 Å². The van der Waals surface area contributed by atoms with Crippen LogP contribution in [0.1, 0.15) is 36.5 Å². The molecule has 0 N–H and O–H groups in total. The zero-order valence-corrected chi connectivity index (χ0v) is 25.6. The molecule has 2 aliphatic heterocycles. The van der Waals surface area contributed by atoms with E-state index in [1.165, 1.54) is 17.3 Å². The molecule has 6 rings (SSSR count). The number of aryl methyl sites for hydroxylation is 1. The van der Waals surface area contributed by atoms with Gasteiger partial charge in [-0.3, -0.25) is 9.59 Å². The van der Waals surface area contributed by atoms with Gasteiger partial charge in [-0.2, -0.15) is 10.1 Å². The molecule has 0 radical (unpaired) electrons. The van der Waals surface area contributed by atoms with Crippen LogP contribution in [0.3, 0.4) is 0 Å². The van der Waals surface area contributed by atoms with Crippen molar-refractivity contribution in [3.05, 3.63) is 107 Å². The summed E-state index contributed by atoms with van der Waals surface area (Å²) >= 11 is 1.37. The summed E-state index contributed by atoms with van der Waals surface area (Å²) in [5.74, 6) is 0.217. The molecule has 9 heteroatoms. The molecule has 0 unspecified atom stereocenters. The molecular formula is C35H34N4O4S. The van der Waals surface area contributed by atoms with E-state index < -0.39 is 0 Å². The number of aliphatic imine (C=N–C) groups is 1. The van der Waals surface area contributed by atoms with Gasteiger partial charge in [-0.25, -0.2) is 4.68 Å². The molecule has 1 aromatic heterocycles. The third kappa shape index (κ3) is 6.78. The first-order valence-corrected chi connectivity index (χ1v) is 15.7. The Kier molecular flexibility index (Phi) is 8.93. The number of amides is 1. The van der Waals surface area contributed by atoms with Crippen molar-refractivity contribution in [2.75, 3.05) is 19.7 Å². The first-order valence-electron chi connectivity index (χ1n) is 14.8. The molecule has 1 fully saturated rings. The van der Waals surface area contributed by atoms with Crippen LogP contribution < -0.4 is 4.74 Å². The summed E-state index contributed by atoms with van der Waals surface area (Å²) in [6, 6.07) is 26.0. The van der Waals surface area contributed by atoms with E-state index in [1.54, 1.807) is 0 Å². The first-order chi connectivity index (χ1) is 21.5. The van der Waals surface area contributed by atoms with Crippen LogP contribution in [-0.4, -0.2) is 51.4 Å². The van der Waals surface area contributed by atoms with E-state index in [9.17, 15) is 9.59 Å². The molecule has 44 heavy (non-hydrogen) atoms. The second kappa shape index (κ2) is 13.3. The quantitative estimate of drug-likeness (QED) is 0.164. The van der Waals surface area contributed by atoms with E-state index in [-0.39, 0.29) is 17.8 Å². The number of nitrogens with zero attached hydrogens (tertiary/aromatic N) is 4. The molecule has 0 spiro atoms. The molecule has 3 aromatic carbocycles. The van der Waals surface area contributed by atoms with E-state index in [2.05, 4.69) is 41.1 Å². The number of carbonyl (C=O) groups is 2. The number of para-hydroxylation sites is 1. The Hall–Kier alpha value is -4.63. The number of ether oxygens (including phenoxy) is 2. The molecule has 0 aliphatic carbocycles. The minimum absolute atomic E-state index is 0.105. The van der Waals surface area contributed by atoms with Crippen molar-refractivity contribution in [1.29, 1.82) is 0 Å². The summed E-state index contributed by atoms with van der Waals surface area (Å²) in [5, 5.41) is 5.61. The highest BCUT2D eigenvalue weighted by atomic mass is 32.2. The van der Waals surface area contributed by atoms with Crippen LogP contribution in [0, 0.1) is 12.8 Å². The highest BCUT2D eigenvalue weighted by molar-refractivity contribution is 8.18. The van der Waals surface area contributed by atoms with Crippen molar-refractivity contribution in [3.63, 3.8) is 0 Å². The molecule has 3 heterocycles. The van der Waals surface area contributed by atoms with Gasteiger partial charge >= 0.3 is 5.97 Å². The van der Waals surface area contributed by atoms with Crippen LogP contribution in [0.25, 0.3) is 23.0 Å². The Morgan fingerprint density at radius 2 is 1.80 bits per heavy atom. The van der Waals surface area contributed by atoms with Gasteiger partial charge in [0.05, 0.1) is 23.1 Å². The number of amidine groups is 1. The fraction of sp³-hybridized carbons (Fsp3) is 0.257. The lowest BCUT2D eigenvalue weighted by molar-refractivity contribution is -0.149. The second-order valence-corrected chi connectivity index (χ2v) is 11.8. The average Bonchev–Trinajstić information content (AvgIpc) is 3.65. The van der Waals surface area contributed by atoms with Gasteiger partial charge in [0.25, 0.3) is 5.91 Å². The largest absolute Gasteiger partial charge is 0.489 e. The Balaban J connectivity index is 1.24. The summed E-state index contributed by atoms with van der Waals surface area (Å²) in [4.78, 5) is 32.2. The summed E-state index contributed by atoms with van der Waals surface area (Å²) < 4.78 is 13.2. The molecule has 4 aromatic rings. The fourth-order valence-electron chi connectivity index (χ4n) is 5.26.